The fourth-order valence-electron chi connectivity index (χ4n) is 2.08. The third-order valence-corrected chi connectivity index (χ3v) is 5.26. The lowest BCUT2D eigenvalue weighted by molar-refractivity contribution is -0.123. The van der Waals surface area contributed by atoms with Gasteiger partial charge in [0.25, 0.3) is 0 Å². The molecular weight excluding hydrogens is 344 g/mol. The number of carbonyl (C=O) groups excluding carboxylic acids is 2. The molecular formula is C16H26N4O4S. The number of nitrogens with zero attached hydrogens (tertiary/aromatic N) is 2. The van der Waals surface area contributed by atoms with Crippen molar-refractivity contribution < 1.29 is 18.0 Å². The summed E-state index contributed by atoms with van der Waals surface area (Å²) in [5, 5.41) is 5.35. The monoisotopic (exact) mass is 370 g/mol. The van der Waals surface area contributed by atoms with Crippen LogP contribution in [0.1, 0.15) is 13.8 Å². The van der Waals surface area contributed by atoms with Crippen LogP contribution in [0, 0.1) is 0 Å². The van der Waals surface area contributed by atoms with Crippen LogP contribution in [0.5, 0.6) is 0 Å². The van der Waals surface area contributed by atoms with Crippen molar-refractivity contribution in [1.29, 1.82) is 0 Å². The second kappa shape index (κ2) is 9.50. The van der Waals surface area contributed by atoms with Crippen molar-refractivity contribution in [3.63, 3.8) is 0 Å². The van der Waals surface area contributed by atoms with Gasteiger partial charge < -0.3 is 10.6 Å². The van der Waals surface area contributed by atoms with Crippen LogP contribution in [0.15, 0.2) is 29.2 Å². The van der Waals surface area contributed by atoms with Crippen LogP contribution in [-0.2, 0) is 19.6 Å². The molecule has 2 N–H and O–H groups in total. The van der Waals surface area contributed by atoms with Crippen molar-refractivity contribution in [2.24, 2.45) is 0 Å². The van der Waals surface area contributed by atoms with Gasteiger partial charge in [-0.2, -0.15) is 0 Å². The molecule has 9 heteroatoms. The Kier molecular flexibility index (Phi) is 8.01. The summed E-state index contributed by atoms with van der Waals surface area (Å²) in [6.07, 6.45) is 0. The molecule has 0 unspecified atom stereocenters. The van der Waals surface area contributed by atoms with Crippen LogP contribution in [0.25, 0.3) is 0 Å². The molecule has 0 heterocycles. The number of amides is 2. The van der Waals surface area contributed by atoms with Crippen LogP contribution >= 0.6 is 0 Å². The van der Waals surface area contributed by atoms with Gasteiger partial charge in [0, 0.05) is 26.3 Å². The minimum atomic E-state index is -3.57. The molecule has 25 heavy (non-hydrogen) atoms. The Hall–Kier alpha value is -1.97. The number of anilines is 1. The third-order valence-electron chi connectivity index (χ3n) is 3.45. The highest BCUT2D eigenvalue weighted by Crippen LogP contribution is 2.17. The van der Waals surface area contributed by atoms with Crippen molar-refractivity contribution in [3.8, 4) is 0 Å². The molecule has 8 nitrogen and oxygen atoms in total. The van der Waals surface area contributed by atoms with Crippen molar-refractivity contribution in [2.45, 2.75) is 18.7 Å². The van der Waals surface area contributed by atoms with Gasteiger partial charge in [-0.15, -0.1) is 0 Å². The maximum absolute atomic E-state index is 12.2. The molecule has 1 aromatic carbocycles. The van der Waals surface area contributed by atoms with Gasteiger partial charge in [0.2, 0.25) is 21.8 Å². The minimum Gasteiger partial charge on any atom is -0.355 e. The van der Waals surface area contributed by atoms with Crippen LogP contribution < -0.4 is 10.6 Å². The Morgan fingerprint density at radius 2 is 1.72 bits per heavy atom. The maximum atomic E-state index is 12.2. The fourth-order valence-corrected chi connectivity index (χ4v) is 3.03. The normalized spacial score (nSPS) is 11.6. The molecule has 0 saturated heterocycles. The molecule has 0 bridgehead atoms. The molecule has 0 aromatic heterocycles. The Morgan fingerprint density at radius 1 is 1.08 bits per heavy atom. The first-order valence-corrected chi connectivity index (χ1v) is 9.46. The third kappa shape index (κ3) is 6.45. The SMILES string of the molecule is CCNC(=O)CN(CC)CC(=O)Nc1cccc(S(=O)(=O)N(C)C)c1. The lowest BCUT2D eigenvalue weighted by atomic mass is 10.3. The molecule has 0 saturated carbocycles. The van der Waals surface area contributed by atoms with E-state index in [9.17, 15) is 18.0 Å². The van der Waals surface area contributed by atoms with Gasteiger partial charge in [-0.1, -0.05) is 13.0 Å². The zero-order valence-electron chi connectivity index (χ0n) is 15.1. The van der Waals surface area contributed by atoms with Gasteiger partial charge in [0.05, 0.1) is 18.0 Å². The second-order valence-electron chi connectivity index (χ2n) is 5.62. The summed E-state index contributed by atoms with van der Waals surface area (Å²) in [5.41, 5.74) is 0.391. The quantitative estimate of drug-likeness (QED) is 0.653. The molecule has 0 radical (unpaired) electrons. The van der Waals surface area contributed by atoms with E-state index in [0.29, 0.717) is 18.8 Å². The smallest absolute Gasteiger partial charge is 0.242 e. The Balaban J connectivity index is 2.75. The molecule has 140 valence electrons. The fraction of sp³-hybridized carbons (Fsp3) is 0.500. The largest absolute Gasteiger partial charge is 0.355 e. The summed E-state index contributed by atoms with van der Waals surface area (Å²) in [6, 6.07) is 6.07. The topological polar surface area (TPSA) is 98.8 Å². The van der Waals surface area contributed by atoms with E-state index < -0.39 is 10.0 Å². The van der Waals surface area contributed by atoms with Gasteiger partial charge in [0.15, 0.2) is 0 Å². The average Bonchev–Trinajstić information content (AvgIpc) is 2.54. The average molecular weight is 370 g/mol. The van der Waals surface area contributed by atoms with E-state index in [1.165, 1.54) is 26.2 Å². The predicted octanol–water partition coefficient (Wildman–Crippen LogP) is 0.333. The van der Waals surface area contributed by atoms with Crippen LogP contribution in [0.2, 0.25) is 0 Å². The zero-order valence-corrected chi connectivity index (χ0v) is 15.9. The van der Waals surface area contributed by atoms with Gasteiger partial charge in [0.1, 0.15) is 0 Å². The Labute approximate surface area is 149 Å². The summed E-state index contributed by atoms with van der Waals surface area (Å²) in [7, 11) is -0.675. The first kappa shape index (κ1) is 21.1. The highest BCUT2D eigenvalue weighted by atomic mass is 32.2. The minimum absolute atomic E-state index is 0.0400. The number of likely N-dealkylation sites (N-methyl/N-ethyl adjacent to an activating group) is 2. The summed E-state index contributed by atoms with van der Waals surface area (Å²) in [4.78, 5) is 25.6. The summed E-state index contributed by atoms with van der Waals surface area (Å²) >= 11 is 0. The molecule has 1 rings (SSSR count). The van der Waals surface area contributed by atoms with Crippen LogP contribution in [-0.4, -0.2) is 69.7 Å². The van der Waals surface area contributed by atoms with Crippen molar-refractivity contribution in [3.05, 3.63) is 24.3 Å². The van der Waals surface area contributed by atoms with E-state index in [0.717, 1.165) is 4.31 Å². The first-order chi connectivity index (χ1) is 11.7. The summed E-state index contributed by atoms with van der Waals surface area (Å²) in [6.45, 7) is 4.94. The molecule has 0 atom stereocenters. The molecule has 2 amide bonds. The molecule has 1 aromatic rings. The van der Waals surface area contributed by atoms with E-state index in [2.05, 4.69) is 10.6 Å². The van der Waals surface area contributed by atoms with E-state index in [1.807, 2.05) is 13.8 Å². The Morgan fingerprint density at radius 3 is 2.28 bits per heavy atom. The number of rotatable bonds is 9. The summed E-state index contributed by atoms with van der Waals surface area (Å²) in [5.74, 6) is -0.457. The second-order valence-corrected chi connectivity index (χ2v) is 7.77. The summed E-state index contributed by atoms with van der Waals surface area (Å²) < 4.78 is 25.4. The predicted molar refractivity (Wildman–Crippen MR) is 96.7 cm³/mol. The molecule has 0 fully saturated rings. The number of hydrogen-bond donors (Lipinski definition) is 2. The number of carbonyl (C=O) groups is 2. The molecule has 0 aliphatic heterocycles. The van der Waals surface area contributed by atoms with E-state index in [-0.39, 0.29) is 29.8 Å². The number of nitrogens with one attached hydrogen (secondary N) is 2. The van der Waals surface area contributed by atoms with Gasteiger partial charge >= 0.3 is 0 Å². The highest BCUT2D eigenvalue weighted by molar-refractivity contribution is 7.89. The lowest BCUT2D eigenvalue weighted by Crippen LogP contribution is -2.41. The Bertz CT molecular complexity index is 704. The maximum Gasteiger partial charge on any atom is 0.242 e. The van der Waals surface area contributed by atoms with Crippen LogP contribution in [0.3, 0.4) is 0 Å². The van der Waals surface area contributed by atoms with E-state index in [1.54, 1.807) is 17.0 Å². The van der Waals surface area contributed by atoms with E-state index in [4.69, 9.17) is 0 Å². The standard InChI is InChI=1S/C16H26N4O4S/c1-5-17-15(21)11-20(6-2)12-16(22)18-13-8-7-9-14(10-13)25(23,24)19(3)4/h7-10H,5-6,11-12H2,1-4H3,(H,17,21)(H,18,22). The highest BCUT2D eigenvalue weighted by Gasteiger charge is 2.18. The number of benzene rings is 1. The lowest BCUT2D eigenvalue weighted by Gasteiger charge is -2.19. The number of sulfonamides is 1. The number of hydrogen-bond acceptors (Lipinski definition) is 5. The van der Waals surface area contributed by atoms with Crippen LogP contribution in [0.4, 0.5) is 5.69 Å². The molecule has 0 spiro atoms. The van der Waals surface area contributed by atoms with Gasteiger partial charge in [-0.25, -0.2) is 12.7 Å². The van der Waals surface area contributed by atoms with Crippen molar-refractivity contribution in [2.75, 3.05) is 45.6 Å². The molecule has 0 aliphatic rings. The van der Waals surface area contributed by atoms with Gasteiger partial charge in [-0.05, 0) is 31.7 Å². The van der Waals surface area contributed by atoms with E-state index >= 15 is 0 Å². The first-order valence-electron chi connectivity index (χ1n) is 8.02. The van der Waals surface area contributed by atoms with Crippen molar-refractivity contribution in [1.82, 2.24) is 14.5 Å². The zero-order chi connectivity index (χ0) is 19.0. The van der Waals surface area contributed by atoms with Gasteiger partial charge in [-0.3, -0.25) is 14.5 Å². The molecule has 0 aliphatic carbocycles. The van der Waals surface area contributed by atoms with Crippen molar-refractivity contribution >= 4 is 27.5 Å².